The van der Waals surface area contributed by atoms with Crippen molar-refractivity contribution < 1.29 is 18.0 Å². The molecule has 0 atom stereocenters. The van der Waals surface area contributed by atoms with Crippen LogP contribution in [-0.4, -0.2) is 15.6 Å². The Kier molecular flexibility index (Phi) is 3.65. The molecule has 0 N–H and O–H groups in total. The second kappa shape index (κ2) is 5.11. The van der Waals surface area contributed by atoms with Crippen LogP contribution in [0.3, 0.4) is 0 Å². The summed E-state index contributed by atoms with van der Waals surface area (Å²) >= 11 is 0. The van der Waals surface area contributed by atoms with Crippen LogP contribution >= 0.6 is 0 Å². The molecule has 20 heavy (non-hydrogen) atoms. The van der Waals surface area contributed by atoms with Crippen LogP contribution in [0.1, 0.15) is 29.9 Å². The van der Waals surface area contributed by atoms with E-state index >= 15 is 0 Å². The van der Waals surface area contributed by atoms with E-state index in [1.807, 2.05) is 0 Å². The minimum atomic E-state index is -4.65. The topological polar surface area (TPSA) is 34.9 Å². The van der Waals surface area contributed by atoms with Crippen molar-refractivity contribution in [3.05, 3.63) is 47.8 Å². The van der Waals surface area contributed by atoms with Gasteiger partial charge in [0.1, 0.15) is 0 Å². The SMILES string of the molecule is CC(C)C(=O)c1cnn(-c2ccccc2)c1C(F)(F)F. The van der Waals surface area contributed by atoms with Crippen molar-refractivity contribution in [1.82, 2.24) is 9.78 Å². The second-order valence-corrected chi connectivity index (χ2v) is 4.67. The van der Waals surface area contributed by atoms with Gasteiger partial charge >= 0.3 is 6.18 Å². The second-order valence-electron chi connectivity index (χ2n) is 4.67. The molecule has 0 amide bonds. The van der Waals surface area contributed by atoms with E-state index in [1.54, 1.807) is 32.0 Å². The lowest BCUT2D eigenvalue weighted by Crippen LogP contribution is -2.19. The van der Waals surface area contributed by atoms with Gasteiger partial charge in [0.05, 0.1) is 17.4 Å². The van der Waals surface area contributed by atoms with Gasteiger partial charge < -0.3 is 0 Å². The monoisotopic (exact) mass is 282 g/mol. The zero-order valence-electron chi connectivity index (χ0n) is 11.0. The van der Waals surface area contributed by atoms with Crippen molar-refractivity contribution in [2.75, 3.05) is 0 Å². The average molecular weight is 282 g/mol. The van der Waals surface area contributed by atoms with Crippen LogP contribution in [0.2, 0.25) is 0 Å². The molecule has 1 heterocycles. The lowest BCUT2D eigenvalue weighted by Gasteiger charge is -2.13. The predicted octanol–water partition coefficient (Wildman–Crippen LogP) is 3.73. The summed E-state index contributed by atoms with van der Waals surface area (Å²) in [6, 6.07) is 7.93. The summed E-state index contributed by atoms with van der Waals surface area (Å²) in [4.78, 5) is 11.9. The molecular formula is C14H13F3N2O. The molecule has 0 spiro atoms. The number of carbonyl (C=O) groups is 1. The molecule has 2 aromatic rings. The molecule has 0 aliphatic heterocycles. The lowest BCUT2D eigenvalue weighted by atomic mass is 10.0. The molecule has 0 bridgehead atoms. The Morgan fingerprint density at radius 1 is 1.20 bits per heavy atom. The first kappa shape index (κ1) is 14.3. The fraction of sp³-hybridized carbons (Fsp3) is 0.286. The molecule has 0 radical (unpaired) electrons. The highest BCUT2D eigenvalue weighted by molar-refractivity contribution is 5.98. The standard InChI is InChI=1S/C14H13F3N2O/c1-9(2)12(20)11-8-18-19(13(11)14(15,16)17)10-6-4-3-5-7-10/h3-9H,1-2H3. The number of rotatable bonds is 3. The molecule has 0 aliphatic carbocycles. The third-order valence-electron chi connectivity index (χ3n) is 2.83. The number of halogens is 3. The minimum Gasteiger partial charge on any atom is -0.294 e. The van der Waals surface area contributed by atoms with E-state index in [4.69, 9.17) is 0 Å². The number of carbonyl (C=O) groups excluding carboxylic acids is 1. The first-order valence-corrected chi connectivity index (χ1v) is 6.07. The molecule has 0 saturated heterocycles. The zero-order chi connectivity index (χ0) is 14.9. The number of Topliss-reactive ketones (excluding diaryl/α,β-unsaturated/α-hetero) is 1. The number of alkyl halides is 3. The van der Waals surface area contributed by atoms with Crippen LogP contribution in [0.25, 0.3) is 5.69 Å². The summed E-state index contributed by atoms with van der Waals surface area (Å²) in [6.45, 7) is 3.12. The number of nitrogens with zero attached hydrogens (tertiary/aromatic N) is 2. The Bertz CT molecular complexity index is 615. The normalized spacial score (nSPS) is 11.9. The summed E-state index contributed by atoms with van der Waals surface area (Å²) in [6.07, 6.45) is -3.66. The van der Waals surface area contributed by atoms with E-state index in [2.05, 4.69) is 5.10 Å². The summed E-state index contributed by atoms with van der Waals surface area (Å²) in [7, 11) is 0. The smallest absolute Gasteiger partial charge is 0.294 e. The first-order chi connectivity index (χ1) is 9.32. The van der Waals surface area contributed by atoms with Crippen LogP contribution < -0.4 is 0 Å². The van der Waals surface area contributed by atoms with E-state index < -0.39 is 29.1 Å². The number of hydrogen-bond acceptors (Lipinski definition) is 2. The molecule has 1 aromatic carbocycles. The zero-order valence-corrected chi connectivity index (χ0v) is 11.0. The molecule has 106 valence electrons. The van der Waals surface area contributed by atoms with E-state index in [-0.39, 0.29) is 5.69 Å². The molecule has 0 unspecified atom stereocenters. The van der Waals surface area contributed by atoms with Crippen molar-refractivity contribution >= 4 is 5.78 Å². The molecule has 2 rings (SSSR count). The van der Waals surface area contributed by atoms with Gasteiger partial charge in [-0.05, 0) is 12.1 Å². The highest BCUT2D eigenvalue weighted by atomic mass is 19.4. The Hall–Kier alpha value is -2.11. The van der Waals surface area contributed by atoms with Gasteiger partial charge in [0.15, 0.2) is 11.5 Å². The summed E-state index contributed by atoms with van der Waals surface area (Å²) in [5.74, 6) is -1.09. The third-order valence-corrected chi connectivity index (χ3v) is 2.83. The lowest BCUT2D eigenvalue weighted by molar-refractivity contribution is -0.143. The van der Waals surface area contributed by atoms with Crippen LogP contribution in [-0.2, 0) is 6.18 Å². The first-order valence-electron chi connectivity index (χ1n) is 6.07. The van der Waals surface area contributed by atoms with Crippen molar-refractivity contribution in [1.29, 1.82) is 0 Å². The molecule has 0 fully saturated rings. The van der Waals surface area contributed by atoms with Gasteiger partial charge in [0.25, 0.3) is 0 Å². The van der Waals surface area contributed by atoms with E-state index in [0.717, 1.165) is 10.9 Å². The maximum Gasteiger partial charge on any atom is 0.434 e. The quantitative estimate of drug-likeness (QED) is 0.804. The number of benzene rings is 1. The van der Waals surface area contributed by atoms with E-state index in [1.165, 1.54) is 12.1 Å². The van der Waals surface area contributed by atoms with E-state index in [9.17, 15) is 18.0 Å². The number of hydrogen-bond donors (Lipinski definition) is 0. The number of aromatic nitrogens is 2. The number of para-hydroxylation sites is 1. The molecule has 0 aliphatic rings. The van der Waals surface area contributed by atoms with Crippen molar-refractivity contribution in [3.63, 3.8) is 0 Å². The fourth-order valence-corrected chi connectivity index (χ4v) is 1.88. The van der Waals surface area contributed by atoms with Gasteiger partial charge in [-0.25, -0.2) is 4.68 Å². The molecule has 6 heteroatoms. The van der Waals surface area contributed by atoms with Gasteiger partial charge in [-0.2, -0.15) is 18.3 Å². The van der Waals surface area contributed by atoms with Crippen molar-refractivity contribution in [2.45, 2.75) is 20.0 Å². The predicted molar refractivity (Wildman–Crippen MR) is 67.7 cm³/mol. The van der Waals surface area contributed by atoms with Gasteiger partial charge in [0.2, 0.25) is 0 Å². The number of ketones is 1. The Labute approximate surface area is 114 Å². The molecule has 3 nitrogen and oxygen atoms in total. The van der Waals surface area contributed by atoms with Crippen LogP contribution in [0, 0.1) is 5.92 Å². The van der Waals surface area contributed by atoms with Gasteiger partial charge in [0, 0.05) is 5.92 Å². The average Bonchev–Trinajstić information content (AvgIpc) is 2.83. The summed E-state index contributed by atoms with van der Waals surface area (Å²) < 4.78 is 40.5. The van der Waals surface area contributed by atoms with Gasteiger partial charge in [-0.1, -0.05) is 32.0 Å². The molecule has 0 saturated carbocycles. The molecule has 1 aromatic heterocycles. The van der Waals surface area contributed by atoms with Gasteiger partial charge in [-0.15, -0.1) is 0 Å². The molecular weight excluding hydrogens is 269 g/mol. The third kappa shape index (κ3) is 2.59. The minimum absolute atomic E-state index is 0.266. The maximum atomic E-state index is 13.2. The largest absolute Gasteiger partial charge is 0.434 e. The summed E-state index contributed by atoms with van der Waals surface area (Å²) in [5, 5.41) is 3.73. The Balaban J connectivity index is 2.64. The fourth-order valence-electron chi connectivity index (χ4n) is 1.88. The van der Waals surface area contributed by atoms with Crippen LogP contribution in [0.5, 0.6) is 0 Å². The Morgan fingerprint density at radius 3 is 2.30 bits per heavy atom. The van der Waals surface area contributed by atoms with Gasteiger partial charge in [-0.3, -0.25) is 4.79 Å². The highest BCUT2D eigenvalue weighted by Crippen LogP contribution is 2.34. The van der Waals surface area contributed by atoms with Crippen molar-refractivity contribution in [2.24, 2.45) is 5.92 Å². The Morgan fingerprint density at radius 2 is 1.80 bits per heavy atom. The highest BCUT2D eigenvalue weighted by Gasteiger charge is 2.40. The van der Waals surface area contributed by atoms with Crippen LogP contribution in [0.4, 0.5) is 13.2 Å². The summed E-state index contributed by atoms with van der Waals surface area (Å²) in [5.41, 5.74) is -1.15. The maximum absolute atomic E-state index is 13.2. The van der Waals surface area contributed by atoms with Crippen LogP contribution in [0.15, 0.2) is 36.5 Å². The van der Waals surface area contributed by atoms with E-state index in [0.29, 0.717) is 0 Å². The van der Waals surface area contributed by atoms with Crippen molar-refractivity contribution in [3.8, 4) is 5.69 Å².